The molecule has 3 rings (SSSR count). The van der Waals surface area contributed by atoms with Crippen molar-refractivity contribution in [2.45, 2.75) is 12.8 Å². The Kier molecular flexibility index (Phi) is 3.03. The number of anilines is 1. The third kappa shape index (κ3) is 1.97. The zero-order chi connectivity index (χ0) is 14.1. The second-order valence-electron chi connectivity index (χ2n) is 4.95. The largest absolute Gasteiger partial charge is 0.481 e. The fraction of sp³-hybridized carbons (Fsp3) is 0.357. The van der Waals surface area contributed by atoms with E-state index in [1.807, 2.05) is 23.1 Å². The maximum absolute atomic E-state index is 11.1. The van der Waals surface area contributed by atoms with E-state index in [2.05, 4.69) is 11.1 Å². The number of piperidine rings is 1. The molecule has 1 unspecified atom stereocenters. The summed E-state index contributed by atoms with van der Waals surface area (Å²) in [5, 5.41) is 18.5. The molecular formula is C14H14N4O2. The third-order valence-electron chi connectivity index (χ3n) is 3.69. The van der Waals surface area contributed by atoms with E-state index in [-0.39, 0.29) is 5.92 Å². The van der Waals surface area contributed by atoms with Crippen molar-refractivity contribution in [3.8, 4) is 6.07 Å². The zero-order valence-corrected chi connectivity index (χ0v) is 10.9. The molecule has 1 saturated heterocycles. The Balaban J connectivity index is 2.01. The number of carbonyl (C=O) groups is 1. The predicted octanol–water partition coefficient (Wildman–Crippen LogP) is 1.51. The molecule has 1 fully saturated rings. The Labute approximate surface area is 115 Å². The molecule has 0 bridgehead atoms. The lowest BCUT2D eigenvalue weighted by Crippen LogP contribution is -2.39. The first kappa shape index (κ1) is 12.5. The Morgan fingerprint density at radius 1 is 1.50 bits per heavy atom. The van der Waals surface area contributed by atoms with Crippen molar-refractivity contribution in [1.82, 2.24) is 9.38 Å². The molecule has 0 radical (unpaired) electrons. The summed E-state index contributed by atoms with van der Waals surface area (Å²) in [6.07, 6.45) is 3.28. The van der Waals surface area contributed by atoms with Gasteiger partial charge in [0.2, 0.25) is 0 Å². The normalized spacial score (nSPS) is 18.9. The lowest BCUT2D eigenvalue weighted by atomic mass is 9.98. The van der Waals surface area contributed by atoms with Crippen LogP contribution in [-0.4, -0.2) is 33.6 Å². The smallest absolute Gasteiger partial charge is 0.308 e. The van der Waals surface area contributed by atoms with Crippen LogP contribution in [0.5, 0.6) is 0 Å². The molecule has 0 aliphatic carbocycles. The van der Waals surface area contributed by atoms with Crippen molar-refractivity contribution in [3.05, 3.63) is 30.1 Å². The molecule has 2 aromatic rings. The average molecular weight is 270 g/mol. The SMILES string of the molecule is N#Cc1c(N2CCCC(C(=O)O)C2)nc2ccccn12. The Bertz CT molecular complexity index is 701. The molecule has 3 heterocycles. The number of carboxylic acid groups (broad SMARTS) is 1. The van der Waals surface area contributed by atoms with Crippen molar-refractivity contribution in [1.29, 1.82) is 5.26 Å². The lowest BCUT2D eigenvalue weighted by Gasteiger charge is -2.30. The fourth-order valence-electron chi connectivity index (χ4n) is 2.68. The van der Waals surface area contributed by atoms with Gasteiger partial charge in [0.05, 0.1) is 5.92 Å². The molecular weight excluding hydrogens is 256 g/mol. The van der Waals surface area contributed by atoms with Crippen molar-refractivity contribution >= 4 is 17.4 Å². The highest BCUT2D eigenvalue weighted by Gasteiger charge is 2.28. The number of hydrogen-bond acceptors (Lipinski definition) is 4. The molecule has 2 aromatic heterocycles. The molecule has 0 aromatic carbocycles. The summed E-state index contributed by atoms with van der Waals surface area (Å²) < 4.78 is 1.74. The first-order valence-corrected chi connectivity index (χ1v) is 6.55. The predicted molar refractivity (Wildman–Crippen MR) is 72.5 cm³/mol. The van der Waals surface area contributed by atoms with Gasteiger partial charge in [-0.1, -0.05) is 6.07 Å². The monoisotopic (exact) mass is 270 g/mol. The molecule has 1 aliphatic heterocycles. The summed E-state index contributed by atoms with van der Waals surface area (Å²) in [5.74, 6) is -0.582. The summed E-state index contributed by atoms with van der Waals surface area (Å²) in [4.78, 5) is 17.5. The number of aromatic nitrogens is 2. The minimum absolute atomic E-state index is 0.389. The van der Waals surface area contributed by atoms with Crippen LogP contribution in [-0.2, 0) is 4.79 Å². The Morgan fingerprint density at radius 2 is 2.35 bits per heavy atom. The number of nitriles is 1. The third-order valence-corrected chi connectivity index (χ3v) is 3.69. The summed E-state index contributed by atoms with van der Waals surface area (Å²) in [5.41, 5.74) is 1.17. The topological polar surface area (TPSA) is 81.6 Å². The zero-order valence-electron chi connectivity index (χ0n) is 10.9. The Morgan fingerprint density at radius 3 is 3.10 bits per heavy atom. The van der Waals surface area contributed by atoms with Gasteiger partial charge in [0.25, 0.3) is 0 Å². The first-order valence-electron chi connectivity index (χ1n) is 6.55. The molecule has 102 valence electrons. The van der Waals surface area contributed by atoms with Gasteiger partial charge < -0.3 is 10.0 Å². The highest BCUT2D eigenvalue weighted by atomic mass is 16.4. The number of pyridine rings is 1. The summed E-state index contributed by atoms with van der Waals surface area (Å²) in [6, 6.07) is 7.72. The van der Waals surface area contributed by atoms with Gasteiger partial charge in [0, 0.05) is 19.3 Å². The quantitative estimate of drug-likeness (QED) is 0.894. The minimum atomic E-state index is -0.781. The maximum atomic E-state index is 11.1. The van der Waals surface area contributed by atoms with Crippen LogP contribution in [0.1, 0.15) is 18.5 Å². The molecule has 6 nitrogen and oxygen atoms in total. The van der Waals surface area contributed by atoms with Gasteiger partial charge >= 0.3 is 5.97 Å². The van der Waals surface area contributed by atoms with Crippen LogP contribution in [0.2, 0.25) is 0 Å². The Hall–Kier alpha value is -2.55. The van der Waals surface area contributed by atoms with E-state index >= 15 is 0 Å². The van der Waals surface area contributed by atoms with Gasteiger partial charge in [-0.3, -0.25) is 9.20 Å². The summed E-state index contributed by atoms with van der Waals surface area (Å²) in [7, 11) is 0. The standard InChI is InChI=1S/C14H14N4O2/c15-8-11-13(16-12-5-1-2-7-18(11)12)17-6-3-4-10(9-17)14(19)20/h1-2,5,7,10H,3-4,6,9H2,(H,19,20). The van der Waals surface area contributed by atoms with Crippen LogP contribution >= 0.6 is 0 Å². The average Bonchev–Trinajstić information content (AvgIpc) is 2.86. The summed E-state index contributed by atoms with van der Waals surface area (Å²) >= 11 is 0. The van der Waals surface area contributed by atoms with Gasteiger partial charge in [-0.15, -0.1) is 0 Å². The number of hydrogen-bond donors (Lipinski definition) is 1. The number of aliphatic carboxylic acids is 1. The van der Waals surface area contributed by atoms with E-state index < -0.39 is 5.97 Å². The van der Waals surface area contributed by atoms with E-state index in [1.165, 1.54) is 0 Å². The van der Waals surface area contributed by atoms with E-state index in [0.717, 1.165) is 13.0 Å². The van der Waals surface area contributed by atoms with E-state index in [9.17, 15) is 10.1 Å². The van der Waals surface area contributed by atoms with Gasteiger partial charge in [0.15, 0.2) is 11.5 Å². The van der Waals surface area contributed by atoms with Crippen molar-refractivity contribution < 1.29 is 9.90 Å². The minimum Gasteiger partial charge on any atom is -0.481 e. The number of carboxylic acids is 1. The molecule has 1 aliphatic rings. The van der Waals surface area contributed by atoms with Crippen molar-refractivity contribution in [2.75, 3.05) is 18.0 Å². The van der Waals surface area contributed by atoms with E-state index in [4.69, 9.17) is 5.11 Å². The first-order chi connectivity index (χ1) is 9.70. The highest BCUT2D eigenvalue weighted by Crippen LogP contribution is 2.26. The molecule has 0 amide bonds. The fourth-order valence-corrected chi connectivity index (χ4v) is 2.68. The van der Waals surface area contributed by atoms with Crippen LogP contribution in [0.25, 0.3) is 5.65 Å². The molecule has 0 spiro atoms. The van der Waals surface area contributed by atoms with Crippen LogP contribution < -0.4 is 4.90 Å². The molecule has 0 saturated carbocycles. The molecule has 1 N–H and O–H groups in total. The van der Waals surface area contributed by atoms with Crippen LogP contribution in [0, 0.1) is 17.2 Å². The van der Waals surface area contributed by atoms with Gasteiger partial charge in [-0.2, -0.15) is 5.26 Å². The summed E-state index contributed by atoms with van der Waals surface area (Å²) in [6.45, 7) is 1.15. The van der Waals surface area contributed by atoms with Gasteiger partial charge in [-0.05, 0) is 25.0 Å². The highest BCUT2D eigenvalue weighted by molar-refractivity contribution is 5.71. The number of rotatable bonds is 2. The van der Waals surface area contributed by atoms with Gasteiger partial charge in [0.1, 0.15) is 11.7 Å². The van der Waals surface area contributed by atoms with E-state index in [0.29, 0.717) is 30.1 Å². The lowest BCUT2D eigenvalue weighted by molar-refractivity contribution is -0.141. The van der Waals surface area contributed by atoms with Crippen LogP contribution in [0.3, 0.4) is 0 Å². The molecule has 20 heavy (non-hydrogen) atoms. The van der Waals surface area contributed by atoms with Crippen LogP contribution in [0.4, 0.5) is 5.82 Å². The maximum Gasteiger partial charge on any atom is 0.308 e. The second kappa shape index (κ2) is 4.85. The van der Waals surface area contributed by atoms with Crippen molar-refractivity contribution in [3.63, 3.8) is 0 Å². The molecule has 1 atom stereocenters. The molecule has 6 heteroatoms. The number of nitrogens with zero attached hydrogens (tertiary/aromatic N) is 4. The number of imidazole rings is 1. The van der Waals surface area contributed by atoms with Crippen molar-refractivity contribution in [2.24, 2.45) is 5.92 Å². The number of fused-ring (bicyclic) bond motifs is 1. The van der Waals surface area contributed by atoms with Crippen LogP contribution in [0.15, 0.2) is 24.4 Å². The second-order valence-corrected chi connectivity index (χ2v) is 4.95. The van der Waals surface area contributed by atoms with Gasteiger partial charge in [-0.25, -0.2) is 4.98 Å². The van der Waals surface area contributed by atoms with E-state index in [1.54, 1.807) is 10.6 Å².